The minimum absolute atomic E-state index is 0.0655. The maximum Gasteiger partial charge on any atom is 0.260 e. The Morgan fingerprint density at radius 1 is 1.00 bits per heavy atom. The summed E-state index contributed by atoms with van der Waals surface area (Å²) in [4.78, 5) is 27.2. The van der Waals surface area contributed by atoms with E-state index >= 15 is 0 Å². The average Bonchev–Trinajstić information content (AvgIpc) is 2.99. The summed E-state index contributed by atoms with van der Waals surface area (Å²) in [6, 6.07) is 21.0. The van der Waals surface area contributed by atoms with Gasteiger partial charge in [0, 0.05) is 24.0 Å². The van der Waals surface area contributed by atoms with E-state index in [2.05, 4.69) is 13.0 Å². The van der Waals surface area contributed by atoms with Crippen LogP contribution in [0.3, 0.4) is 0 Å². The molecule has 0 saturated carbocycles. The van der Waals surface area contributed by atoms with E-state index < -0.39 is 0 Å². The van der Waals surface area contributed by atoms with E-state index in [1.165, 1.54) is 11.6 Å². The number of pyridine rings is 1. The van der Waals surface area contributed by atoms with Crippen molar-refractivity contribution in [2.24, 2.45) is 0 Å². The molecule has 1 atom stereocenters. The SMILES string of the molecule is C[C@H]1Cc2ccccc2N1C(=O)c1ccc(=O)n(Cc2ccccc2)c1. The molecule has 1 aliphatic rings. The zero-order valence-electron chi connectivity index (χ0n) is 14.6. The van der Waals surface area contributed by atoms with Crippen LogP contribution in [0.25, 0.3) is 0 Å². The van der Waals surface area contributed by atoms with E-state index in [1.807, 2.05) is 53.4 Å². The number of anilines is 1. The van der Waals surface area contributed by atoms with Crippen molar-refractivity contribution in [1.29, 1.82) is 0 Å². The van der Waals surface area contributed by atoms with Gasteiger partial charge in [-0.3, -0.25) is 9.59 Å². The van der Waals surface area contributed by atoms with Crippen molar-refractivity contribution < 1.29 is 4.79 Å². The number of hydrogen-bond acceptors (Lipinski definition) is 2. The minimum Gasteiger partial charge on any atom is -0.310 e. The Morgan fingerprint density at radius 3 is 2.54 bits per heavy atom. The molecule has 0 N–H and O–H groups in total. The largest absolute Gasteiger partial charge is 0.310 e. The summed E-state index contributed by atoms with van der Waals surface area (Å²) in [6.07, 6.45) is 2.52. The van der Waals surface area contributed by atoms with E-state index in [1.54, 1.807) is 16.8 Å². The van der Waals surface area contributed by atoms with Crippen molar-refractivity contribution in [1.82, 2.24) is 4.57 Å². The molecule has 0 radical (unpaired) electrons. The lowest BCUT2D eigenvalue weighted by Gasteiger charge is -2.23. The predicted octanol–water partition coefficient (Wildman–Crippen LogP) is 3.49. The fourth-order valence-electron chi connectivity index (χ4n) is 3.58. The standard InChI is InChI=1S/C22H20N2O2/c1-16-13-18-9-5-6-10-20(18)24(16)22(26)19-11-12-21(25)23(15-19)14-17-7-3-2-4-8-17/h2-12,15-16H,13-14H2,1H3/t16-/m0/s1. The topological polar surface area (TPSA) is 42.3 Å². The Kier molecular flexibility index (Phi) is 4.17. The summed E-state index contributed by atoms with van der Waals surface area (Å²) in [5.41, 5.74) is 3.60. The van der Waals surface area contributed by atoms with Crippen LogP contribution in [0.1, 0.15) is 28.4 Å². The number of carbonyl (C=O) groups excluding carboxylic acids is 1. The number of carbonyl (C=O) groups is 1. The van der Waals surface area contributed by atoms with Gasteiger partial charge in [-0.25, -0.2) is 0 Å². The Labute approximate surface area is 152 Å². The third-order valence-electron chi connectivity index (χ3n) is 4.85. The summed E-state index contributed by atoms with van der Waals surface area (Å²) >= 11 is 0. The van der Waals surface area contributed by atoms with Gasteiger partial charge in [-0.1, -0.05) is 48.5 Å². The fourth-order valence-corrected chi connectivity index (χ4v) is 3.58. The van der Waals surface area contributed by atoms with Crippen LogP contribution < -0.4 is 10.5 Å². The van der Waals surface area contributed by atoms with Crippen molar-refractivity contribution in [3.8, 4) is 0 Å². The molecular weight excluding hydrogens is 324 g/mol. The van der Waals surface area contributed by atoms with E-state index in [4.69, 9.17) is 0 Å². The molecule has 1 aromatic heterocycles. The number of hydrogen-bond donors (Lipinski definition) is 0. The monoisotopic (exact) mass is 344 g/mol. The van der Waals surface area contributed by atoms with Crippen molar-refractivity contribution in [3.05, 3.63) is 100.0 Å². The normalized spacial score (nSPS) is 15.7. The smallest absolute Gasteiger partial charge is 0.260 e. The van der Waals surface area contributed by atoms with E-state index in [9.17, 15) is 9.59 Å². The lowest BCUT2D eigenvalue weighted by atomic mass is 10.1. The zero-order valence-corrected chi connectivity index (χ0v) is 14.6. The number of aromatic nitrogens is 1. The van der Waals surface area contributed by atoms with Crippen molar-refractivity contribution in [2.45, 2.75) is 25.9 Å². The fraction of sp³-hybridized carbons (Fsp3) is 0.182. The Morgan fingerprint density at radius 2 is 1.73 bits per heavy atom. The van der Waals surface area contributed by atoms with Gasteiger partial charge in [0.2, 0.25) is 0 Å². The second-order valence-corrected chi connectivity index (χ2v) is 6.73. The highest BCUT2D eigenvalue weighted by Gasteiger charge is 2.31. The van der Waals surface area contributed by atoms with Crippen molar-refractivity contribution in [3.63, 3.8) is 0 Å². The van der Waals surface area contributed by atoms with Gasteiger partial charge >= 0.3 is 0 Å². The van der Waals surface area contributed by atoms with Gasteiger partial charge < -0.3 is 9.47 Å². The third kappa shape index (κ3) is 2.94. The number of fused-ring (bicyclic) bond motifs is 1. The summed E-state index contributed by atoms with van der Waals surface area (Å²) in [6.45, 7) is 2.50. The average molecular weight is 344 g/mol. The highest BCUT2D eigenvalue weighted by Crippen LogP contribution is 2.32. The molecule has 4 rings (SSSR count). The number of para-hydroxylation sites is 1. The molecule has 2 aromatic carbocycles. The van der Waals surface area contributed by atoms with Gasteiger partial charge in [0.1, 0.15) is 0 Å². The molecule has 0 bridgehead atoms. The Hall–Kier alpha value is -3.14. The van der Waals surface area contributed by atoms with Gasteiger partial charge in [-0.15, -0.1) is 0 Å². The molecule has 130 valence electrons. The molecule has 26 heavy (non-hydrogen) atoms. The Balaban J connectivity index is 1.67. The van der Waals surface area contributed by atoms with Crippen molar-refractivity contribution in [2.75, 3.05) is 4.90 Å². The van der Waals surface area contributed by atoms with Gasteiger partial charge in [0.25, 0.3) is 11.5 Å². The van der Waals surface area contributed by atoms with E-state index in [-0.39, 0.29) is 17.5 Å². The third-order valence-corrected chi connectivity index (χ3v) is 4.85. The first-order valence-corrected chi connectivity index (χ1v) is 8.79. The molecule has 2 heterocycles. The van der Waals surface area contributed by atoms with Crippen LogP contribution in [0.15, 0.2) is 77.7 Å². The summed E-state index contributed by atoms with van der Waals surface area (Å²) in [5.74, 6) is -0.0655. The second kappa shape index (κ2) is 6.64. The lowest BCUT2D eigenvalue weighted by Crippen LogP contribution is -2.36. The Bertz CT molecular complexity index is 1010. The molecule has 0 unspecified atom stereocenters. The van der Waals surface area contributed by atoms with Crippen LogP contribution >= 0.6 is 0 Å². The molecule has 1 amide bonds. The number of nitrogens with zero attached hydrogens (tertiary/aromatic N) is 2. The lowest BCUT2D eigenvalue weighted by molar-refractivity contribution is 0.0980. The van der Waals surface area contributed by atoms with Crippen LogP contribution in [0.4, 0.5) is 5.69 Å². The second-order valence-electron chi connectivity index (χ2n) is 6.73. The minimum atomic E-state index is -0.111. The predicted molar refractivity (Wildman–Crippen MR) is 103 cm³/mol. The molecule has 4 nitrogen and oxygen atoms in total. The van der Waals surface area contributed by atoms with Crippen molar-refractivity contribution >= 4 is 11.6 Å². The first-order chi connectivity index (χ1) is 12.6. The van der Waals surface area contributed by atoms with E-state index in [0.717, 1.165) is 17.7 Å². The highest BCUT2D eigenvalue weighted by atomic mass is 16.2. The quantitative estimate of drug-likeness (QED) is 0.730. The van der Waals surface area contributed by atoms with Crippen LogP contribution in [0.5, 0.6) is 0 Å². The first-order valence-electron chi connectivity index (χ1n) is 8.79. The molecule has 0 fully saturated rings. The van der Waals surface area contributed by atoms with Gasteiger partial charge in [-0.2, -0.15) is 0 Å². The van der Waals surface area contributed by atoms with Crippen LogP contribution in [-0.4, -0.2) is 16.5 Å². The molecular formula is C22H20N2O2. The van der Waals surface area contributed by atoms with Gasteiger partial charge in [0.05, 0.1) is 12.1 Å². The molecule has 0 saturated heterocycles. The summed E-state index contributed by atoms with van der Waals surface area (Å²) in [5, 5.41) is 0. The highest BCUT2D eigenvalue weighted by molar-refractivity contribution is 6.07. The summed E-state index contributed by atoms with van der Waals surface area (Å²) < 4.78 is 1.59. The maximum absolute atomic E-state index is 13.1. The number of rotatable bonds is 3. The van der Waals surface area contributed by atoms with Gasteiger partial charge in [0.15, 0.2) is 0 Å². The molecule has 1 aliphatic heterocycles. The number of amides is 1. The number of benzene rings is 2. The van der Waals surface area contributed by atoms with Crippen LogP contribution in [0.2, 0.25) is 0 Å². The van der Waals surface area contributed by atoms with E-state index in [0.29, 0.717) is 12.1 Å². The maximum atomic E-state index is 13.1. The van der Waals surface area contributed by atoms with Crippen LogP contribution in [0, 0.1) is 0 Å². The summed E-state index contributed by atoms with van der Waals surface area (Å²) in [7, 11) is 0. The zero-order chi connectivity index (χ0) is 18.1. The molecule has 3 aromatic rings. The van der Waals surface area contributed by atoms with Gasteiger partial charge in [-0.05, 0) is 36.6 Å². The molecule has 4 heteroatoms. The molecule has 0 aliphatic carbocycles. The first kappa shape index (κ1) is 16.3. The molecule has 0 spiro atoms. The van der Waals surface area contributed by atoms with Crippen LogP contribution in [-0.2, 0) is 13.0 Å².